The maximum atomic E-state index is 11.4. The molecule has 0 bridgehead atoms. The van der Waals surface area contributed by atoms with Crippen molar-refractivity contribution < 1.29 is 4.79 Å². The Balaban J connectivity index is 1.79. The van der Waals surface area contributed by atoms with Crippen LogP contribution in [0.1, 0.15) is 0 Å². The molecule has 120 valence electrons. The van der Waals surface area contributed by atoms with Crippen LogP contribution in [0.4, 0.5) is 17.3 Å². The maximum Gasteiger partial charge on any atom is 0.239 e. The molecule has 0 aliphatic heterocycles. The molecule has 0 aliphatic carbocycles. The predicted octanol–water partition coefficient (Wildman–Crippen LogP) is 3.46. The van der Waals surface area contributed by atoms with Gasteiger partial charge in [0.15, 0.2) is 0 Å². The summed E-state index contributed by atoms with van der Waals surface area (Å²) in [4.78, 5) is 24.1. The molecular weight excluding hydrogens is 326 g/mol. The number of halogens is 1. The normalized spacial score (nSPS) is 10.2. The van der Waals surface area contributed by atoms with Gasteiger partial charge in [-0.3, -0.25) is 9.78 Å². The second kappa shape index (κ2) is 7.52. The van der Waals surface area contributed by atoms with Crippen LogP contribution in [0.2, 0.25) is 0 Å². The summed E-state index contributed by atoms with van der Waals surface area (Å²) in [5.41, 5.74) is 3.16. The SMILES string of the molecule is O=C(CCl)Nc1cccc(Nc2nccc(-c3ccncc3)n2)c1. The molecule has 0 atom stereocenters. The number of rotatable bonds is 5. The van der Waals surface area contributed by atoms with Gasteiger partial charge in [-0.1, -0.05) is 6.07 Å². The molecule has 2 heterocycles. The first-order valence-electron chi connectivity index (χ1n) is 7.21. The molecule has 0 aliphatic rings. The Hall–Kier alpha value is -2.99. The van der Waals surface area contributed by atoms with E-state index in [1.165, 1.54) is 0 Å². The van der Waals surface area contributed by atoms with Gasteiger partial charge in [-0.2, -0.15) is 0 Å². The number of anilines is 3. The fraction of sp³-hybridized carbons (Fsp3) is 0.0588. The summed E-state index contributed by atoms with van der Waals surface area (Å²) in [6.07, 6.45) is 5.12. The number of amides is 1. The molecule has 3 aromatic rings. The van der Waals surface area contributed by atoms with Crippen LogP contribution in [0.15, 0.2) is 61.1 Å². The molecular formula is C17H14ClN5O. The Morgan fingerprint density at radius 2 is 1.83 bits per heavy atom. The van der Waals surface area contributed by atoms with Crippen LogP contribution < -0.4 is 10.6 Å². The predicted molar refractivity (Wildman–Crippen MR) is 94.3 cm³/mol. The standard InChI is InChI=1S/C17H14ClN5O/c18-11-16(24)21-13-2-1-3-14(10-13)22-17-20-9-6-15(23-17)12-4-7-19-8-5-12/h1-10H,11H2,(H,21,24)(H,20,22,23). The van der Waals surface area contributed by atoms with Crippen LogP contribution >= 0.6 is 11.6 Å². The van der Waals surface area contributed by atoms with Crippen LogP contribution in [0.5, 0.6) is 0 Å². The van der Waals surface area contributed by atoms with Crippen molar-refractivity contribution in [1.29, 1.82) is 0 Å². The van der Waals surface area contributed by atoms with E-state index in [0.717, 1.165) is 16.9 Å². The van der Waals surface area contributed by atoms with Gasteiger partial charge in [-0.05, 0) is 36.4 Å². The van der Waals surface area contributed by atoms with Crippen molar-refractivity contribution in [2.45, 2.75) is 0 Å². The van der Waals surface area contributed by atoms with E-state index >= 15 is 0 Å². The van der Waals surface area contributed by atoms with Gasteiger partial charge in [-0.25, -0.2) is 9.97 Å². The first-order valence-corrected chi connectivity index (χ1v) is 7.74. The molecule has 1 aromatic carbocycles. The molecule has 7 heteroatoms. The Labute approximate surface area is 143 Å². The fourth-order valence-electron chi connectivity index (χ4n) is 2.10. The number of carbonyl (C=O) groups is 1. The molecule has 6 nitrogen and oxygen atoms in total. The molecule has 3 rings (SSSR count). The van der Waals surface area contributed by atoms with E-state index in [-0.39, 0.29) is 11.8 Å². The number of aromatic nitrogens is 3. The minimum Gasteiger partial charge on any atom is -0.325 e. The van der Waals surface area contributed by atoms with Gasteiger partial charge in [-0.15, -0.1) is 11.6 Å². The van der Waals surface area contributed by atoms with E-state index < -0.39 is 0 Å². The highest BCUT2D eigenvalue weighted by atomic mass is 35.5. The third kappa shape index (κ3) is 4.05. The zero-order chi connectivity index (χ0) is 16.8. The zero-order valence-electron chi connectivity index (χ0n) is 12.6. The van der Waals surface area contributed by atoms with Crippen LogP contribution in [-0.2, 0) is 4.79 Å². The first kappa shape index (κ1) is 15.9. The maximum absolute atomic E-state index is 11.4. The van der Waals surface area contributed by atoms with E-state index in [1.54, 1.807) is 30.7 Å². The number of carbonyl (C=O) groups excluding carboxylic acids is 1. The van der Waals surface area contributed by atoms with Crippen LogP contribution in [0.25, 0.3) is 11.3 Å². The molecule has 0 fully saturated rings. The van der Waals surface area contributed by atoms with Crippen LogP contribution in [0, 0.1) is 0 Å². The number of hydrogen-bond donors (Lipinski definition) is 2. The molecule has 2 aromatic heterocycles. The summed E-state index contributed by atoms with van der Waals surface area (Å²) in [7, 11) is 0. The smallest absolute Gasteiger partial charge is 0.239 e. The summed E-state index contributed by atoms with van der Waals surface area (Å²) >= 11 is 5.49. The molecule has 0 saturated heterocycles. The summed E-state index contributed by atoms with van der Waals surface area (Å²) in [6.45, 7) is 0. The van der Waals surface area contributed by atoms with Crippen molar-refractivity contribution >= 4 is 34.8 Å². The lowest BCUT2D eigenvalue weighted by molar-refractivity contribution is -0.113. The van der Waals surface area contributed by atoms with E-state index in [2.05, 4.69) is 25.6 Å². The average Bonchev–Trinajstić information content (AvgIpc) is 2.63. The summed E-state index contributed by atoms with van der Waals surface area (Å²) in [5, 5.41) is 5.82. The van der Waals surface area contributed by atoms with E-state index in [0.29, 0.717) is 11.6 Å². The van der Waals surface area contributed by atoms with Gasteiger partial charge in [0, 0.05) is 35.5 Å². The molecule has 0 saturated carbocycles. The highest BCUT2D eigenvalue weighted by Gasteiger charge is 2.04. The number of benzene rings is 1. The Morgan fingerprint density at radius 1 is 1.04 bits per heavy atom. The largest absolute Gasteiger partial charge is 0.325 e. The Kier molecular flexibility index (Phi) is 4.98. The number of nitrogens with zero attached hydrogens (tertiary/aromatic N) is 3. The lowest BCUT2D eigenvalue weighted by atomic mass is 10.2. The van der Waals surface area contributed by atoms with Gasteiger partial charge in [0.05, 0.1) is 5.69 Å². The second-order valence-electron chi connectivity index (χ2n) is 4.89. The Morgan fingerprint density at radius 3 is 2.62 bits per heavy atom. The van der Waals surface area contributed by atoms with Crippen molar-refractivity contribution in [3.8, 4) is 11.3 Å². The molecule has 0 unspecified atom stereocenters. The summed E-state index contributed by atoms with van der Waals surface area (Å²) in [6, 6.07) is 12.8. The van der Waals surface area contributed by atoms with Crippen molar-refractivity contribution in [2.75, 3.05) is 16.5 Å². The molecule has 24 heavy (non-hydrogen) atoms. The number of pyridine rings is 1. The zero-order valence-corrected chi connectivity index (χ0v) is 13.4. The van der Waals surface area contributed by atoms with E-state index in [9.17, 15) is 4.79 Å². The molecule has 1 amide bonds. The van der Waals surface area contributed by atoms with Gasteiger partial charge in [0.25, 0.3) is 0 Å². The average molecular weight is 340 g/mol. The van der Waals surface area contributed by atoms with Gasteiger partial charge in [0.1, 0.15) is 5.88 Å². The van der Waals surface area contributed by atoms with E-state index in [1.807, 2.05) is 30.3 Å². The summed E-state index contributed by atoms with van der Waals surface area (Å²) in [5.74, 6) is 0.115. The topological polar surface area (TPSA) is 79.8 Å². The summed E-state index contributed by atoms with van der Waals surface area (Å²) < 4.78 is 0. The first-order chi connectivity index (χ1) is 11.7. The second-order valence-corrected chi connectivity index (χ2v) is 5.16. The number of nitrogens with one attached hydrogen (secondary N) is 2. The molecule has 0 radical (unpaired) electrons. The number of alkyl halides is 1. The monoisotopic (exact) mass is 339 g/mol. The van der Waals surface area contributed by atoms with Crippen molar-refractivity contribution in [3.63, 3.8) is 0 Å². The van der Waals surface area contributed by atoms with Gasteiger partial charge >= 0.3 is 0 Å². The number of hydrogen-bond acceptors (Lipinski definition) is 5. The quantitative estimate of drug-likeness (QED) is 0.696. The lowest BCUT2D eigenvalue weighted by Crippen LogP contribution is -2.12. The van der Waals surface area contributed by atoms with Gasteiger partial charge < -0.3 is 10.6 Å². The van der Waals surface area contributed by atoms with Crippen molar-refractivity contribution in [1.82, 2.24) is 15.0 Å². The highest BCUT2D eigenvalue weighted by Crippen LogP contribution is 2.20. The minimum atomic E-state index is -0.259. The minimum absolute atomic E-state index is 0.0885. The third-order valence-corrected chi connectivity index (χ3v) is 3.40. The van der Waals surface area contributed by atoms with Crippen molar-refractivity contribution in [2.24, 2.45) is 0 Å². The van der Waals surface area contributed by atoms with Crippen LogP contribution in [-0.4, -0.2) is 26.7 Å². The van der Waals surface area contributed by atoms with Crippen molar-refractivity contribution in [3.05, 3.63) is 61.1 Å². The molecule has 0 spiro atoms. The lowest BCUT2D eigenvalue weighted by Gasteiger charge is -2.09. The van der Waals surface area contributed by atoms with Gasteiger partial charge in [0.2, 0.25) is 11.9 Å². The molecule has 2 N–H and O–H groups in total. The Bertz CT molecular complexity index is 841. The third-order valence-electron chi connectivity index (χ3n) is 3.16. The van der Waals surface area contributed by atoms with E-state index in [4.69, 9.17) is 11.6 Å². The van der Waals surface area contributed by atoms with Crippen LogP contribution in [0.3, 0.4) is 0 Å². The fourth-order valence-corrected chi connectivity index (χ4v) is 2.17. The highest BCUT2D eigenvalue weighted by molar-refractivity contribution is 6.29.